The summed E-state index contributed by atoms with van der Waals surface area (Å²) in [5, 5.41) is 2.39. The quantitative estimate of drug-likeness (QED) is 0.798. The van der Waals surface area contributed by atoms with Crippen molar-refractivity contribution in [1.29, 1.82) is 0 Å². The number of nitrogens with two attached hydrogens (primary N) is 1. The summed E-state index contributed by atoms with van der Waals surface area (Å²) in [5.74, 6) is -0.735. The first-order chi connectivity index (χ1) is 9.79. The molecule has 0 atom stereocenters. The number of nitrogen functional groups attached to an aromatic ring is 1. The van der Waals surface area contributed by atoms with Crippen LogP contribution in [0, 0.1) is 0 Å². The monoisotopic (exact) mass is 367 g/mol. The number of ether oxygens (including phenoxy) is 2. The van der Waals surface area contributed by atoms with Crippen LogP contribution in [0.2, 0.25) is 0 Å². The number of alkyl halides is 3. The van der Waals surface area contributed by atoms with E-state index in [0.29, 0.717) is 6.07 Å². The summed E-state index contributed by atoms with van der Waals surface area (Å²) in [7, 11) is 0. The number of anilines is 1. The summed E-state index contributed by atoms with van der Waals surface area (Å²) in [6, 6.07) is 0.649. The maximum atomic E-state index is 12.6. The first kappa shape index (κ1) is 15.4. The third kappa shape index (κ3) is 3.57. The number of carbonyl (C=O) groups is 1. The highest BCUT2D eigenvalue weighted by Gasteiger charge is 2.35. The van der Waals surface area contributed by atoms with Gasteiger partial charge in [-0.25, -0.2) is 4.98 Å². The van der Waals surface area contributed by atoms with Crippen LogP contribution in [0.3, 0.4) is 0 Å². The molecule has 0 fully saturated rings. The van der Waals surface area contributed by atoms with Crippen molar-refractivity contribution in [3.8, 4) is 0 Å². The van der Waals surface area contributed by atoms with Crippen LogP contribution in [0.25, 0.3) is 0 Å². The van der Waals surface area contributed by atoms with Crippen LogP contribution >= 0.6 is 15.9 Å². The van der Waals surface area contributed by atoms with E-state index in [4.69, 9.17) is 15.2 Å². The average molecular weight is 368 g/mol. The van der Waals surface area contributed by atoms with Gasteiger partial charge in [-0.3, -0.25) is 4.79 Å². The molecule has 0 bridgehead atoms. The lowest BCUT2D eigenvalue weighted by Gasteiger charge is -2.14. The SMILES string of the molecule is Nc1cc(C(F)(F)F)c(Br)nc1C(=O)NCC1OC=CO1. The molecule has 0 aromatic carbocycles. The second kappa shape index (κ2) is 5.80. The number of nitrogens with zero attached hydrogens (tertiary/aromatic N) is 1. The van der Waals surface area contributed by atoms with Crippen molar-refractivity contribution in [3.63, 3.8) is 0 Å². The lowest BCUT2D eigenvalue weighted by molar-refractivity contribution is -0.138. The van der Waals surface area contributed by atoms with E-state index >= 15 is 0 Å². The molecule has 2 rings (SSSR count). The molecular weight excluding hydrogens is 359 g/mol. The van der Waals surface area contributed by atoms with Crippen LogP contribution in [-0.2, 0) is 15.7 Å². The Kier molecular flexibility index (Phi) is 4.26. The van der Waals surface area contributed by atoms with Gasteiger partial charge in [-0.1, -0.05) is 0 Å². The number of amides is 1. The molecule has 6 nitrogen and oxygen atoms in total. The van der Waals surface area contributed by atoms with Crippen LogP contribution in [0.1, 0.15) is 16.1 Å². The van der Waals surface area contributed by atoms with Gasteiger partial charge in [0.25, 0.3) is 12.2 Å². The third-order valence-corrected chi connectivity index (χ3v) is 3.08. The summed E-state index contributed by atoms with van der Waals surface area (Å²) in [6.45, 7) is -0.00834. The van der Waals surface area contributed by atoms with Gasteiger partial charge in [0, 0.05) is 0 Å². The molecule has 2 heterocycles. The molecule has 1 aromatic rings. The van der Waals surface area contributed by atoms with E-state index in [1.54, 1.807) is 0 Å². The minimum atomic E-state index is -4.62. The summed E-state index contributed by atoms with van der Waals surface area (Å²) < 4.78 is 47.3. The summed E-state index contributed by atoms with van der Waals surface area (Å²) in [5.41, 5.74) is 3.70. The number of nitrogens with one attached hydrogen (secondary N) is 1. The zero-order valence-corrected chi connectivity index (χ0v) is 11.9. The highest BCUT2D eigenvalue weighted by molar-refractivity contribution is 9.10. The molecule has 3 N–H and O–H groups in total. The maximum absolute atomic E-state index is 12.6. The standard InChI is InChI=1S/C11H9BrF3N3O3/c12-9-5(11(13,14)15)3-6(16)8(18-9)10(19)17-4-7-20-1-2-21-7/h1-3,7H,4,16H2,(H,17,19). The van der Waals surface area contributed by atoms with Crippen molar-refractivity contribution in [2.75, 3.05) is 12.3 Å². The van der Waals surface area contributed by atoms with Crippen LogP contribution in [-0.4, -0.2) is 23.7 Å². The lowest BCUT2D eigenvalue weighted by atomic mass is 10.2. The fourth-order valence-corrected chi connectivity index (χ4v) is 2.03. The highest BCUT2D eigenvalue weighted by atomic mass is 79.9. The van der Waals surface area contributed by atoms with Gasteiger partial charge in [-0.05, 0) is 22.0 Å². The lowest BCUT2D eigenvalue weighted by Crippen LogP contribution is -2.33. The smallest absolute Gasteiger partial charge is 0.419 e. The molecule has 1 aliphatic rings. The van der Waals surface area contributed by atoms with Crippen molar-refractivity contribution in [1.82, 2.24) is 10.3 Å². The molecule has 0 aliphatic carbocycles. The second-order valence-corrected chi connectivity index (χ2v) is 4.70. The molecule has 21 heavy (non-hydrogen) atoms. The number of hydrogen-bond acceptors (Lipinski definition) is 5. The van der Waals surface area contributed by atoms with Crippen LogP contribution in [0.15, 0.2) is 23.2 Å². The third-order valence-electron chi connectivity index (χ3n) is 2.47. The number of pyridine rings is 1. The van der Waals surface area contributed by atoms with Gasteiger partial charge in [0.2, 0.25) is 0 Å². The van der Waals surface area contributed by atoms with Crippen molar-refractivity contribution >= 4 is 27.5 Å². The molecule has 0 saturated carbocycles. The number of rotatable bonds is 3. The Morgan fingerprint density at radius 2 is 2.05 bits per heavy atom. The number of aromatic nitrogens is 1. The number of halogens is 4. The van der Waals surface area contributed by atoms with Crippen LogP contribution in [0.4, 0.5) is 18.9 Å². The minimum absolute atomic E-state index is 0.00834. The zero-order chi connectivity index (χ0) is 15.6. The van der Waals surface area contributed by atoms with E-state index in [1.807, 2.05) is 0 Å². The predicted octanol–water partition coefficient (Wildman–Crippen LogP) is 2.02. The van der Waals surface area contributed by atoms with Gasteiger partial charge in [-0.2, -0.15) is 13.2 Å². The number of carbonyl (C=O) groups excluding carboxylic acids is 1. The summed E-state index contributed by atoms with van der Waals surface area (Å²) in [6.07, 6.45) is -2.70. The fourth-order valence-electron chi connectivity index (χ4n) is 1.51. The van der Waals surface area contributed by atoms with Crippen molar-refractivity contribution in [2.45, 2.75) is 12.5 Å². The van der Waals surface area contributed by atoms with Crippen molar-refractivity contribution < 1.29 is 27.4 Å². The van der Waals surface area contributed by atoms with E-state index in [1.165, 1.54) is 12.5 Å². The first-order valence-corrected chi connectivity index (χ1v) is 6.35. The molecule has 1 amide bonds. The Morgan fingerprint density at radius 1 is 1.43 bits per heavy atom. The summed E-state index contributed by atoms with van der Waals surface area (Å²) in [4.78, 5) is 15.4. The van der Waals surface area contributed by atoms with Gasteiger partial charge in [0.15, 0.2) is 5.69 Å². The van der Waals surface area contributed by atoms with E-state index in [0.717, 1.165) is 0 Å². The van der Waals surface area contributed by atoms with Crippen molar-refractivity contribution in [3.05, 3.63) is 34.5 Å². The van der Waals surface area contributed by atoms with Crippen LogP contribution in [0.5, 0.6) is 0 Å². The van der Waals surface area contributed by atoms with Crippen LogP contribution < -0.4 is 11.1 Å². The van der Waals surface area contributed by atoms with Crippen molar-refractivity contribution in [2.24, 2.45) is 0 Å². The van der Waals surface area contributed by atoms with Gasteiger partial charge in [-0.15, -0.1) is 0 Å². The fraction of sp³-hybridized carbons (Fsp3) is 0.273. The van der Waals surface area contributed by atoms with E-state index in [-0.39, 0.29) is 17.9 Å². The van der Waals surface area contributed by atoms with Gasteiger partial charge in [0.05, 0.1) is 17.8 Å². The predicted molar refractivity (Wildman–Crippen MR) is 68.8 cm³/mol. The molecular formula is C11H9BrF3N3O3. The average Bonchev–Trinajstić information content (AvgIpc) is 2.90. The first-order valence-electron chi connectivity index (χ1n) is 5.56. The Hall–Kier alpha value is -1.97. The Balaban J connectivity index is 2.12. The number of hydrogen-bond donors (Lipinski definition) is 2. The maximum Gasteiger partial charge on any atom is 0.419 e. The molecule has 0 saturated heterocycles. The van der Waals surface area contributed by atoms with Gasteiger partial charge in [0.1, 0.15) is 17.1 Å². The minimum Gasteiger partial charge on any atom is -0.457 e. The Morgan fingerprint density at radius 3 is 2.62 bits per heavy atom. The topological polar surface area (TPSA) is 86.5 Å². The van der Waals surface area contributed by atoms with Gasteiger partial charge >= 0.3 is 6.18 Å². The summed E-state index contributed by atoms with van der Waals surface area (Å²) >= 11 is 2.68. The van der Waals surface area contributed by atoms with Gasteiger partial charge < -0.3 is 20.5 Å². The Bertz CT molecular complexity index is 584. The largest absolute Gasteiger partial charge is 0.457 e. The normalized spacial score (nSPS) is 14.7. The molecule has 1 aliphatic heterocycles. The van der Waals surface area contributed by atoms with E-state index < -0.39 is 28.5 Å². The molecule has 1 aromatic heterocycles. The van der Waals surface area contributed by atoms with E-state index in [2.05, 4.69) is 26.2 Å². The van der Waals surface area contributed by atoms with E-state index in [9.17, 15) is 18.0 Å². The second-order valence-electron chi connectivity index (χ2n) is 3.95. The highest BCUT2D eigenvalue weighted by Crippen LogP contribution is 2.35. The molecule has 114 valence electrons. The molecule has 0 radical (unpaired) electrons. The molecule has 0 unspecified atom stereocenters. The Labute approximate surface area is 125 Å². The molecule has 10 heteroatoms. The zero-order valence-electron chi connectivity index (χ0n) is 10.3. The molecule has 0 spiro atoms.